The summed E-state index contributed by atoms with van der Waals surface area (Å²) < 4.78 is 0. The summed E-state index contributed by atoms with van der Waals surface area (Å²) in [4.78, 5) is 16.2. The molecule has 1 amide bonds. The van der Waals surface area contributed by atoms with Crippen molar-refractivity contribution in [2.24, 2.45) is 5.10 Å². The number of allylic oxidation sites excluding steroid dienone is 4. The topological polar surface area (TPSA) is 54.4 Å². The van der Waals surface area contributed by atoms with Gasteiger partial charge in [0, 0.05) is 18.0 Å². The summed E-state index contributed by atoms with van der Waals surface area (Å²) in [5.74, 6) is -0.191. The van der Waals surface area contributed by atoms with Crippen LogP contribution in [-0.2, 0) is 4.79 Å². The van der Waals surface area contributed by atoms with Gasteiger partial charge in [-0.05, 0) is 55.5 Å². The molecule has 0 radical (unpaired) electrons. The number of carbonyl (C=O) groups excluding carboxylic acids is 1. The van der Waals surface area contributed by atoms with Gasteiger partial charge in [-0.15, -0.1) is 0 Å². The molecule has 2 rings (SSSR count). The maximum absolute atomic E-state index is 12.2. The number of aromatic nitrogens is 1. The molecule has 0 saturated heterocycles. The van der Waals surface area contributed by atoms with Crippen LogP contribution < -0.4 is 5.43 Å². The molecule has 1 aliphatic rings. The highest BCUT2D eigenvalue weighted by Gasteiger charge is 2.15. The zero-order valence-corrected chi connectivity index (χ0v) is 12.3. The van der Waals surface area contributed by atoms with Crippen molar-refractivity contribution in [3.8, 4) is 0 Å². The monoisotopic (exact) mass is 281 g/mol. The lowest BCUT2D eigenvalue weighted by Gasteiger charge is -2.14. The van der Waals surface area contributed by atoms with Crippen LogP contribution in [0.5, 0.6) is 0 Å². The molecule has 1 aromatic heterocycles. The smallest absolute Gasteiger partial charge is 0.267 e. The lowest BCUT2D eigenvalue weighted by atomic mass is 9.92. The highest BCUT2D eigenvalue weighted by molar-refractivity contribution is 5.99. The van der Waals surface area contributed by atoms with Gasteiger partial charge in [0.2, 0.25) is 0 Å². The molecule has 0 unspecified atom stereocenters. The van der Waals surface area contributed by atoms with E-state index in [4.69, 9.17) is 0 Å². The van der Waals surface area contributed by atoms with E-state index in [-0.39, 0.29) is 5.91 Å². The Balaban J connectivity index is 2.03. The van der Waals surface area contributed by atoms with E-state index >= 15 is 0 Å². The number of pyridine rings is 1. The van der Waals surface area contributed by atoms with Gasteiger partial charge in [0.15, 0.2) is 0 Å². The Morgan fingerprint density at radius 1 is 1.29 bits per heavy atom. The third-order valence-corrected chi connectivity index (χ3v) is 3.30. The normalized spacial score (nSPS) is 15.6. The van der Waals surface area contributed by atoms with Crippen molar-refractivity contribution in [2.45, 2.75) is 26.7 Å². The first-order valence-electron chi connectivity index (χ1n) is 6.99. The van der Waals surface area contributed by atoms with Gasteiger partial charge >= 0.3 is 0 Å². The molecule has 0 atom stereocenters. The van der Waals surface area contributed by atoms with Gasteiger partial charge in [0.05, 0.1) is 6.21 Å². The van der Waals surface area contributed by atoms with Crippen molar-refractivity contribution >= 4 is 12.1 Å². The predicted molar refractivity (Wildman–Crippen MR) is 84.8 cm³/mol. The first-order valence-corrected chi connectivity index (χ1v) is 6.99. The number of hydrogen-bond donors (Lipinski definition) is 1. The van der Waals surface area contributed by atoms with Crippen LogP contribution in [-0.4, -0.2) is 17.1 Å². The van der Waals surface area contributed by atoms with Gasteiger partial charge in [0.1, 0.15) is 0 Å². The van der Waals surface area contributed by atoms with Crippen LogP contribution in [0.25, 0.3) is 0 Å². The van der Waals surface area contributed by atoms with E-state index in [1.807, 2.05) is 32.1 Å². The van der Waals surface area contributed by atoms with E-state index in [1.54, 1.807) is 18.6 Å². The zero-order chi connectivity index (χ0) is 15.1. The fourth-order valence-electron chi connectivity index (χ4n) is 2.20. The summed E-state index contributed by atoms with van der Waals surface area (Å²) in [5.41, 5.74) is 6.27. The van der Waals surface area contributed by atoms with Crippen molar-refractivity contribution in [3.63, 3.8) is 0 Å². The first-order chi connectivity index (χ1) is 10.2. The first kappa shape index (κ1) is 14.9. The fraction of sp³-hybridized carbons (Fsp3) is 0.235. The number of rotatable bonds is 4. The minimum absolute atomic E-state index is 0.191. The Morgan fingerprint density at radius 3 is 2.67 bits per heavy atom. The molecule has 1 aromatic rings. The van der Waals surface area contributed by atoms with Crippen LogP contribution in [0.2, 0.25) is 0 Å². The predicted octanol–water partition coefficient (Wildman–Crippen LogP) is 3.14. The molecule has 4 nitrogen and oxygen atoms in total. The zero-order valence-electron chi connectivity index (χ0n) is 12.3. The summed E-state index contributed by atoms with van der Waals surface area (Å²) >= 11 is 0. The number of hydrazone groups is 1. The molecule has 0 saturated carbocycles. The number of nitrogens with zero attached hydrogens (tertiary/aromatic N) is 2. The Hall–Kier alpha value is -2.49. The van der Waals surface area contributed by atoms with Crippen molar-refractivity contribution in [2.75, 3.05) is 0 Å². The molecule has 4 heteroatoms. The second kappa shape index (κ2) is 7.33. The van der Waals surface area contributed by atoms with E-state index in [1.165, 1.54) is 0 Å². The van der Waals surface area contributed by atoms with Gasteiger partial charge in [-0.25, -0.2) is 5.43 Å². The van der Waals surface area contributed by atoms with Crippen LogP contribution in [0, 0.1) is 0 Å². The molecule has 1 heterocycles. The van der Waals surface area contributed by atoms with E-state index in [9.17, 15) is 4.79 Å². The van der Waals surface area contributed by atoms with Crippen LogP contribution in [0.4, 0.5) is 0 Å². The van der Waals surface area contributed by atoms with Crippen LogP contribution >= 0.6 is 0 Å². The average Bonchev–Trinajstić information content (AvgIpc) is 2.51. The largest absolute Gasteiger partial charge is 0.271 e. The molecule has 0 spiro atoms. The van der Waals surface area contributed by atoms with Crippen molar-refractivity contribution < 1.29 is 4.79 Å². The third-order valence-electron chi connectivity index (χ3n) is 3.30. The van der Waals surface area contributed by atoms with E-state index in [0.717, 1.165) is 29.6 Å². The molecule has 0 aromatic carbocycles. The van der Waals surface area contributed by atoms with Crippen molar-refractivity contribution in [3.05, 3.63) is 65.0 Å². The minimum atomic E-state index is -0.191. The van der Waals surface area contributed by atoms with Gasteiger partial charge in [-0.2, -0.15) is 5.10 Å². The molecule has 1 aliphatic carbocycles. The maximum Gasteiger partial charge on any atom is 0.271 e. The summed E-state index contributed by atoms with van der Waals surface area (Å²) in [6.07, 6.45) is 13.1. The van der Waals surface area contributed by atoms with Crippen molar-refractivity contribution in [1.82, 2.24) is 10.4 Å². The molecule has 108 valence electrons. The second-order valence-corrected chi connectivity index (χ2v) is 4.76. The van der Waals surface area contributed by atoms with E-state index < -0.39 is 0 Å². The Kier molecular flexibility index (Phi) is 5.21. The van der Waals surface area contributed by atoms with Crippen LogP contribution in [0.15, 0.2) is 64.6 Å². The van der Waals surface area contributed by atoms with Gasteiger partial charge in [-0.3, -0.25) is 9.78 Å². The SMILES string of the molecule is C/C=C(/C(=O)N/N=C\c1ccncc1)C1=CCCC=C1C. The van der Waals surface area contributed by atoms with Gasteiger partial charge in [-0.1, -0.05) is 18.2 Å². The van der Waals surface area contributed by atoms with E-state index in [2.05, 4.69) is 27.7 Å². The standard InChI is InChI=1S/C17H19N3O/c1-3-15(16-7-5-4-6-13(16)2)17(21)20-19-12-14-8-10-18-11-9-14/h3,6-12H,4-5H2,1-2H3,(H,20,21)/b15-3+,19-12-. The van der Waals surface area contributed by atoms with Gasteiger partial charge < -0.3 is 0 Å². The number of carbonyl (C=O) groups is 1. The van der Waals surface area contributed by atoms with Gasteiger partial charge in [0.25, 0.3) is 5.91 Å². The number of hydrogen-bond acceptors (Lipinski definition) is 3. The highest BCUT2D eigenvalue weighted by atomic mass is 16.2. The third kappa shape index (κ3) is 3.99. The van der Waals surface area contributed by atoms with E-state index in [0.29, 0.717) is 5.57 Å². The van der Waals surface area contributed by atoms with Crippen LogP contribution in [0.3, 0.4) is 0 Å². The molecule has 1 N–H and O–H groups in total. The Labute approximate surface area is 125 Å². The summed E-state index contributed by atoms with van der Waals surface area (Å²) in [6, 6.07) is 3.64. The minimum Gasteiger partial charge on any atom is -0.267 e. The van der Waals surface area contributed by atoms with Crippen molar-refractivity contribution in [1.29, 1.82) is 0 Å². The molecule has 21 heavy (non-hydrogen) atoms. The molecular formula is C17H19N3O. The number of amides is 1. The lowest BCUT2D eigenvalue weighted by molar-refractivity contribution is -0.117. The quantitative estimate of drug-likeness (QED) is 0.523. The fourth-order valence-corrected chi connectivity index (χ4v) is 2.20. The lowest BCUT2D eigenvalue weighted by Crippen LogP contribution is -2.21. The highest BCUT2D eigenvalue weighted by Crippen LogP contribution is 2.25. The Morgan fingerprint density at radius 2 is 2.00 bits per heavy atom. The average molecular weight is 281 g/mol. The molecule has 0 aliphatic heterocycles. The molecule has 0 fully saturated rings. The summed E-state index contributed by atoms with van der Waals surface area (Å²) in [6.45, 7) is 3.90. The summed E-state index contributed by atoms with van der Waals surface area (Å²) in [7, 11) is 0. The second-order valence-electron chi connectivity index (χ2n) is 4.76. The Bertz CT molecular complexity index is 625. The number of nitrogens with one attached hydrogen (secondary N) is 1. The molecule has 0 bridgehead atoms. The maximum atomic E-state index is 12.2. The van der Waals surface area contributed by atoms with Crippen LogP contribution in [0.1, 0.15) is 32.3 Å². The summed E-state index contributed by atoms with van der Waals surface area (Å²) in [5, 5.41) is 3.99. The molecular weight excluding hydrogens is 262 g/mol.